The molecule has 2 rings (SSSR count). The molecule has 0 spiro atoms. The number of rotatable bonds is 11. The summed E-state index contributed by atoms with van der Waals surface area (Å²) in [4.78, 5) is 11.7. The lowest BCUT2D eigenvalue weighted by Gasteiger charge is -2.22. The summed E-state index contributed by atoms with van der Waals surface area (Å²) in [6.45, 7) is 7.57. The number of carbonyl (C=O) groups is 1. The van der Waals surface area contributed by atoms with Crippen LogP contribution in [0.4, 0.5) is 0 Å². The van der Waals surface area contributed by atoms with E-state index in [9.17, 15) is 9.90 Å². The molecule has 2 aromatic carbocycles. The van der Waals surface area contributed by atoms with Gasteiger partial charge in [0.1, 0.15) is 0 Å². The zero-order valence-electron chi connectivity index (χ0n) is 16.8. The third-order valence-electron chi connectivity index (χ3n) is 3.99. The lowest BCUT2D eigenvalue weighted by molar-refractivity contribution is -0.173. The summed E-state index contributed by atoms with van der Waals surface area (Å²) in [5.41, 5.74) is 0.205. The van der Waals surface area contributed by atoms with Crippen molar-refractivity contribution in [2.24, 2.45) is 5.41 Å². The molecule has 0 heterocycles. The lowest BCUT2D eigenvalue weighted by Crippen LogP contribution is -2.49. The Kier molecular flexibility index (Phi) is 8.85. The summed E-state index contributed by atoms with van der Waals surface area (Å²) in [7, 11) is -1.76. The summed E-state index contributed by atoms with van der Waals surface area (Å²) in [5, 5.41) is 11.5. The van der Waals surface area contributed by atoms with Gasteiger partial charge in [0.2, 0.25) is 6.29 Å². The molecule has 0 aliphatic rings. The number of ether oxygens (including phenoxy) is 2. The minimum Gasteiger partial charge on any atom is -0.478 e. The number of aliphatic carboxylic acids is 1. The smallest absolute Gasteiger partial charge is 0.360 e. The summed E-state index contributed by atoms with van der Waals surface area (Å²) in [5.74, 6) is -1.14. The van der Waals surface area contributed by atoms with E-state index in [0.29, 0.717) is 13.2 Å². The predicted octanol–water partition coefficient (Wildman–Crippen LogP) is 2.69. The molecular formula is C22H29O5Si. The standard InChI is InChI=1S/C22H29O5Si/c1-22(2,3)14-15-25-16-17-26-21(20(23)24)27-28(18-10-6-4-7-11-18)19-12-8-5-9-13-19/h4-13,21H,14-17H2,1-3H3,(H,23,24). The van der Waals surface area contributed by atoms with Gasteiger partial charge in [-0.3, -0.25) is 0 Å². The van der Waals surface area contributed by atoms with Crippen LogP contribution < -0.4 is 10.4 Å². The van der Waals surface area contributed by atoms with Gasteiger partial charge in [0.15, 0.2) is 0 Å². The second-order valence-corrected chi connectivity index (χ2v) is 9.69. The first-order valence-electron chi connectivity index (χ1n) is 9.43. The second-order valence-electron chi connectivity index (χ2n) is 7.64. The van der Waals surface area contributed by atoms with Gasteiger partial charge in [0, 0.05) is 6.61 Å². The molecule has 1 atom stereocenters. The van der Waals surface area contributed by atoms with Crippen LogP contribution in [0.15, 0.2) is 60.7 Å². The molecule has 0 aliphatic heterocycles. The van der Waals surface area contributed by atoms with Gasteiger partial charge in [-0.05, 0) is 22.2 Å². The van der Waals surface area contributed by atoms with E-state index in [2.05, 4.69) is 20.8 Å². The Morgan fingerprint density at radius 2 is 1.46 bits per heavy atom. The molecule has 2 aromatic rings. The maximum absolute atomic E-state index is 11.7. The molecular weight excluding hydrogens is 372 g/mol. The fraction of sp³-hybridized carbons (Fsp3) is 0.409. The van der Waals surface area contributed by atoms with Crippen molar-refractivity contribution in [2.45, 2.75) is 33.5 Å². The average molecular weight is 402 g/mol. The van der Waals surface area contributed by atoms with Crippen LogP contribution in [0, 0.1) is 5.41 Å². The Morgan fingerprint density at radius 1 is 0.929 bits per heavy atom. The average Bonchev–Trinajstić information content (AvgIpc) is 2.67. The van der Waals surface area contributed by atoms with Crippen LogP contribution in [0.5, 0.6) is 0 Å². The summed E-state index contributed by atoms with van der Waals surface area (Å²) < 4.78 is 17.0. The van der Waals surface area contributed by atoms with Crippen LogP contribution in [0.1, 0.15) is 27.2 Å². The Bertz CT molecular complexity index is 660. The number of hydrogen-bond acceptors (Lipinski definition) is 4. The molecule has 0 saturated heterocycles. The van der Waals surface area contributed by atoms with Gasteiger partial charge >= 0.3 is 5.97 Å². The molecule has 1 radical (unpaired) electrons. The third kappa shape index (κ3) is 7.94. The zero-order valence-corrected chi connectivity index (χ0v) is 17.8. The van der Waals surface area contributed by atoms with E-state index in [0.717, 1.165) is 16.8 Å². The van der Waals surface area contributed by atoms with Crippen molar-refractivity contribution in [3.05, 3.63) is 60.7 Å². The maximum atomic E-state index is 11.7. The van der Waals surface area contributed by atoms with Crippen LogP contribution >= 0.6 is 0 Å². The summed E-state index contributed by atoms with van der Waals surface area (Å²) >= 11 is 0. The van der Waals surface area contributed by atoms with Crippen molar-refractivity contribution in [1.29, 1.82) is 0 Å². The molecule has 0 saturated carbocycles. The quantitative estimate of drug-likeness (QED) is 0.356. The van der Waals surface area contributed by atoms with Crippen molar-refractivity contribution in [3.8, 4) is 0 Å². The van der Waals surface area contributed by atoms with E-state index in [1.807, 2.05) is 60.7 Å². The van der Waals surface area contributed by atoms with Crippen molar-refractivity contribution in [1.82, 2.24) is 0 Å². The highest BCUT2D eigenvalue weighted by molar-refractivity contribution is 6.80. The largest absolute Gasteiger partial charge is 0.478 e. The lowest BCUT2D eigenvalue weighted by atomic mass is 9.93. The van der Waals surface area contributed by atoms with E-state index in [-0.39, 0.29) is 12.0 Å². The van der Waals surface area contributed by atoms with Crippen LogP contribution in [0.2, 0.25) is 0 Å². The van der Waals surface area contributed by atoms with Crippen LogP contribution in [0.3, 0.4) is 0 Å². The highest BCUT2D eigenvalue weighted by Gasteiger charge is 2.28. The zero-order chi connectivity index (χ0) is 20.4. The van der Waals surface area contributed by atoms with Gasteiger partial charge in [-0.15, -0.1) is 0 Å². The molecule has 1 unspecified atom stereocenters. The van der Waals surface area contributed by atoms with E-state index in [1.165, 1.54) is 0 Å². The van der Waals surface area contributed by atoms with E-state index >= 15 is 0 Å². The normalized spacial score (nSPS) is 12.9. The molecule has 1 N–H and O–H groups in total. The second kappa shape index (κ2) is 11.1. The number of hydrogen-bond donors (Lipinski definition) is 1. The van der Waals surface area contributed by atoms with Crippen molar-refractivity contribution in [2.75, 3.05) is 19.8 Å². The van der Waals surface area contributed by atoms with Crippen molar-refractivity contribution < 1.29 is 23.8 Å². The molecule has 28 heavy (non-hydrogen) atoms. The van der Waals surface area contributed by atoms with Crippen LogP contribution in [-0.4, -0.2) is 46.2 Å². The maximum Gasteiger partial charge on any atom is 0.360 e. The first-order valence-corrected chi connectivity index (χ1v) is 10.8. The molecule has 0 amide bonds. The fourth-order valence-corrected chi connectivity index (χ4v) is 4.42. The van der Waals surface area contributed by atoms with Crippen LogP contribution in [0.25, 0.3) is 0 Å². The first-order chi connectivity index (χ1) is 13.4. The molecule has 0 aromatic heterocycles. The van der Waals surface area contributed by atoms with Gasteiger partial charge < -0.3 is 19.0 Å². The van der Waals surface area contributed by atoms with Gasteiger partial charge in [-0.25, -0.2) is 4.79 Å². The minimum atomic E-state index is -1.76. The van der Waals surface area contributed by atoms with E-state index in [1.54, 1.807) is 0 Å². The van der Waals surface area contributed by atoms with Gasteiger partial charge in [0.25, 0.3) is 9.04 Å². The van der Waals surface area contributed by atoms with Gasteiger partial charge in [-0.2, -0.15) is 0 Å². The first kappa shape index (κ1) is 22.3. The monoisotopic (exact) mass is 401 g/mol. The SMILES string of the molecule is CC(C)(C)CCOCCOC(O[Si](c1ccccc1)c1ccccc1)C(=O)O. The highest BCUT2D eigenvalue weighted by atomic mass is 28.3. The Hall–Kier alpha value is -1.99. The Balaban J connectivity index is 1.96. The molecule has 6 heteroatoms. The Morgan fingerprint density at radius 3 is 1.93 bits per heavy atom. The minimum absolute atomic E-state index is 0.167. The summed E-state index contributed by atoms with van der Waals surface area (Å²) in [6, 6.07) is 19.4. The Labute approximate surface area is 169 Å². The summed E-state index contributed by atoms with van der Waals surface area (Å²) in [6.07, 6.45) is -0.401. The molecule has 0 fully saturated rings. The van der Waals surface area contributed by atoms with Gasteiger partial charge in [-0.1, -0.05) is 81.4 Å². The molecule has 0 bridgehead atoms. The number of carboxylic acids is 1. The van der Waals surface area contributed by atoms with E-state index in [4.69, 9.17) is 13.9 Å². The van der Waals surface area contributed by atoms with Crippen molar-refractivity contribution >= 4 is 25.4 Å². The molecule has 5 nitrogen and oxygen atoms in total. The number of benzene rings is 2. The highest BCUT2D eigenvalue weighted by Crippen LogP contribution is 2.17. The third-order valence-corrected chi connectivity index (χ3v) is 6.16. The fourth-order valence-electron chi connectivity index (χ4n) is 2.44. The van der Waals surface area contributed by atoms with Crippen molar-refractivity contribution in [3.63, 3.8) is 0 Å². The molecule has 151 valence electrons. The van der Waals surface area contributed by atoms with Crippen LogP contribution in [-0.2, 0) is 18.7 Å². The predicted molar refractivity (Wildman–Crippen MR) is 111 cm³/mol. The molecule has 0 aliphatic carbocycles. The topological polar surface area (TPSA) is 65.0 Å². The number of carboxylic acid groups (broad SMARTS) is 1. The van der Waals surface area contributed by atoms with E-state index < -0.39 is 21.3 Å². The van der Waals surface area contributed by atoms with Gasteiger partial charge in [0.05, 0.1) is 13.2 Å².